The topological polar surface area (TPSA) is 119 Å². The summed E-state index contributed by atoms with van der Waals surface area (Å²) < 4.78 is 0. The fraction of sp³-hybridized carbons (Fsp3) is 0.467. The fourth-order valence-electron chi connectivity index (χ4n) is 2.76. The predicted molar refractivity (Wildman–Crippen MR) is 88.8 cm³/mol. The zero-order valence-electron chi connectivity index (χ0n) is 13.0. The number of nitrogens with zero attached hydrogens (tertiary/aromatic N) is 2. The van der Waals surface area contributed by atoms with Crippen molar-refractivity contribution in [3.8, 4) is 0 Å². The van der Waals surface area contributed by atoms with Gasteiger partial charge < -0.3 is 16.0 Å². The van der Waals surface area contributed by atoms with Gasteiger partial charge in [0.15, 0.2) is 0 Å². The predicted octanol–water partition coefficient (Wildman–Crippen LogP) is 1.18. The molecule has 2 amide bonds. The van der Waals surface area contributed by atoms with E-state index >= 15 is 0 Å². The molecule has 1 saturated heterocycles. The van der Waals surface area contributed by atoms with Gasteiger partial charge in [0.25, 0.3) is 5.91 Å². The van der Waals surface area contributed by atoms with Crippen molar-refractivity contribution in [3.63, 3.8) is 0 Å². The number of hydrogen-bond donors (Lipinski definition) is 2. The standard InChI is InChI=1S/C15H19ClN4O4/c16-12-5-1-4-11(13(12)20(23)24)15(22)19-8-2-3-10(9-19)14(21)18-7-6-17/h1,4-5,10H,2-3,6-9,17H2,(H,18,21). The van der Waals surface area contributed by atoms with Crippen LogP contribution in [-0.2, 0) is 4.79 Å². The van der Waals surface area contributed by atoms with E-state index in [1.54, 1.807) is 0 Å². The van der Waals surface area contributed by atoms with Crippen molar-refractivity contribution < 1.29 is 14.5 Å². The van der Waals surface area contributed by atoms with Crippen LogP contribution < -0.4 is 11.1 Å². The second-order valence-electron chi connectivity index (χ2n) is 5.56. The van der Waals surface area contributed by atoms with Gasteiger partial charge in [-0.25, -0.2) is 0 Å². The maximum atomic E-state index is 12.7. The number of carbonyl (C=O) groups is 2. The number of likely N-dealkylation sites (tertiary alicyclic amines) is 1. The summed E-state index contributed by atoms with van der Waals surface area (Å²) >= 11 is 5.86. The first-order valence-electron chi connectivity index (χ1n) is 7.65. The molecule has 9 heteroatoms. The molecule has 1 heterocycles. The summed E-state index contributed by atoms with van der Waals surface area (Å²) in [6, 6.07) is 4.25. The fourth-order valence-corrected chi connectivity index (χ4v) is 3.00. The third-order valence-corrected chi connectivity index (χ3v) is 4.23. The number of hydrogen-bond acceptors (Lipinski definition) is 5. The Morgan fingerprint density at radius 3 is 2.88 bits per heavy atom. The Bertz CT molecular complexity index is 652. The molecule has 130 valence electrons. The lowest BCUT2D eigenvalue weighted by atomic mass is 9.96. The maximum Gasteiger partial charge on any atom is 0.300 e. The quantitative estimate of drug-likeness (QED) is 0.607. The molecule has 8 nitrogen and oxygen atoms in total. The van der Waals surface area contributed by atoms with Crippen LogP contribution in [0.25, 0.3) is 0 Å². The van der Waals surface area contributed by atoms with Crippen molar-refractivity contribution in [1.29, 1.82) is 0 Å². The van der Waals surface area contributed by atoms with Crippen LogP contribution in [0.3, 0.4) is 0 Å². The highest BCUT2D eigenvalue weighted by molar-refractivity contribution is 6.33. The Labute approximate surface area is 144 Å². The van der Waals surface area contributed by atoms with E-state index in [-0.39, 0.29) is 29.0 Å². The molecule has 24 heavy (non-hydrogen) atoms. The molecule has 2 rings (SSSR count). The van der Waals surface area contributed by atoms with Gasteiger partial charge in [0.2, 0.25) is 5.91 Å². The summed E-state index contributed by atoms with van der Waals surface area (Å²) in [5, 5.41) is 13.8. The number of para-hydroxylation sites is 1. The van der Waals surface area contributed by atoms with Gasteiger partial charge in [-0.15, -0.1) is 0 Å². The minimum absolute atomic E-state index is 0.0597. The molecule has 0 aliphatic carbocycles. The molecular weight excluding hydrogens is 336 g/mol. The van der Waals surface area contributed by atoms with Crippen LogP contribution in [0.4, 0.5) is 5.69 Å². The van der Waals surface area contributed by atoms with Gasteiger partial charge in [0.1, 0.15) is 10.6 Å². The first-order valence-corrected chi connectivity index (χ1v) is 8.03. The number of benzene rings is 1. The molecular formula is C15H19ClN4O4. The smallest absolute Gasteiger partial charge is 0.300 e. The first-order chi connectivity index (χ1) is 11.5. The van der Waals surface area contributed by atoms with Crippen LogP contribution in [0.2, 0.25) is 5.02 Å². The number of amides is 2. The minimum atomic E-state index is -0.662. The molecule has 0 bridgehead atoms. The molecule has 0 saturated carbocycles. The highest BCUT2D eigenvalue weighted by Gasteiger charge is 2.32. The molecule has 1 aliphatic heterocycles. The summed E-state index contributed by atoms with van der Waals surface area (Å²) in [5.41, 5.74) is 4.90. The van der Waals surface area contributed by atoms with Crippen molar-refractivity contribution >= 4 is 29.1 Å². The van der Waals surface area contributed by atoms with Gasteiger partial charge in [-0.05, 0) is 25.0 Å². The molecule has 3 N–H and O–H groups in total. The monoisotopic (exact) mass is 354 g/mol. The first kappa shape index (κ1) is 18.2. The van der Waals surface area contributed by atoms with Crippen LogP contribution in [0, 0.1) is 16.0 Å². The number of nitrogens with two attached hydrogens (primary N) is 1. The van der Waals surface area contributed by atoms with Crippen molar-refractivity contribution in [2.75, 3.05) is 26.2 Å². The van der Waals surface area contributed by atoms with Crippen LogP contribution in [0.1, 0.15) is 23.2 Å². The van der Waals surface area contributed by atoms with Gasteiger partial charge in [-0.3, -0.25) is 19.7 Å². The maximum absolute atomic E-state index is 12.7. The van der Waals surface area contributed by atoms with Crippen LogP contribution in [0.15, 0.2) is 18.2 Å². The SMILES string of the molecule is NCCNC(=O)C1CCCN(C(=O)c2cccc(Cl)c2[N+](=O)[O-])C1. The molecule has 1 aliphatic rings. The second-order valence-corrected chi connectivity index (χ2v) is 5.97. The highest BCUT2D eigenvalue weighted by Crippen LogP contribution is 2.30. The van der Waals surface area contributed by atoms with Gasteiger partial charge in [-0.1, -0.05) is 17.7 Å². The normalized spacial score (nSPS) is 17.4. The highest BCUT2D eigenvalue weighted by atomic mass is 35.5. The molecule has 1 atom stereocenters. The van der Waals surface area contributed by atoms with Crippen molar-refractivity contribution in [2.45, 2.75) is 12.8 Å². The van der Waals surface area contributed by atoms with E-state index in [1.807, 2.05) is 0 Å². The minimum Gasteiger partial charge on any atom is -0.355 e. The number of nitro groups is 1. The average molecular weight is 355 g/mol. The third kappa shape index (κ3) is 4.01. The Kier molecular flexibility index (Phi) is 6.10. The lowest BCUT2D eigenvalue weighted by Crippen LogP contribution is -2.46. The molecule has 1 aromatic rings. The van der Waals surface area contributed by atoms with Crippen LogP contribution in [0.5, 0.6) is 0 Å². The summed E-state index contributed by atoms with van der Waals surface area (Å²) in [6.07, 6.45) is 1.32. The molecule has 0 spiro atoms. The number of carbonyl (C=O) groups excluding carboxylic acids is 2. The van der Waals surface area contributed by atoms with E-state index in [0.717, 1.165) is 0 Å². The van der Waals surface area contributed by atoms with E-state index in [0.29, 0.717) is 32.5 Å². The molecule has 0 radical (unpaired) electrons. The number of nitrogens with one attached hydrogen (secondary N) is 1. The molecule has 1 fully saturated rings. The van der Waals surface area contributed by atoms with Crippen molar-refractivity contribution in [1.82, 2.24) is 10.2 Å². The Hall–Kier alpha value is -2.19. The van der Waals surface area contributed by atoms with E-state index < -0.39 is 16.5 Å². The van der Waals surface area contributed by atoms with Gasteiger partial charge in [0, 0.05) is 26.2 Å². The Morgan fingerprint density at radius 1 is 1.46 bits per heavy atom. The summed E-state index contributed by atoms with van der Waals surface area (Å²) in [4.78, 5) is 36.7. The Morgan fingerprint density at radius 2 is 2.21 bits per heavy atom. The van der Waals surface area contributed by atoms with E-state index in [9.17, 15) is 19.7 Å². The lowest BCUT2D eigenvalue weighted by Gasteiger charge is -2.32. The lowest BCUT2D eigenvalue weighted by molar-refractivity contribution is -0.385. The zero-order chi connectivity index (χ0) is 17.7. The van der Waals surface area contributed by atoms with Crippen molar-refractivity contribution in [2.24, 2.45) is 11.7 Å². The summed E-state index contributed by atoms with van der Waals surface area (Å²) in [7, 11) is 0. The number of nitro benzene ring substituents is 1. The summed E-state index contributed by atoms with van der Waals surface area (Å²) in [6.45, 7) is 1.39. The average Bonchev–Trinajstić information content (AvgIpc) is 2.58. The number of rotatable bonds is 5. The van der Waals surface area contributed by atoms with E-state index in [2.05, 4.69) is 5.32 Å². The van der Waals surface area contributed by atoms with E-state index in [1.165, 1.54) is 23.1 Å². The number of piperidine rings is 1. The zero-order valence-corrected chi connectivity index (χ0v) is 13.8. The van der Waals surface area contributed by atoms with Gasteiger partial charge in [-0.2, -0.15) is 0 Å². The molecule has 1 aromatic carbocycles. The van der Waals surface area contributed by atoms with Crippen molar-refractivity contribution in [3.05, 3.63) is 38.9 Å². The van der Waals surface area contributed by atoms with Crippen LogP contribution in [-0.4, -0.2) is 47.8 Å². The molecule has 0 aromatic heterocycles. The van der Waals surface area contributed by atoms with Gasteiger partial charge >= 0.3 is 5.69 Å². The van der Waals surface area contributed by atoms with E-state index in [4.69, 9.17) is 17.3 Å². The second kappa shape index (κ2) is 8.07. The Balaban J connectivity index is 2.17. The molecule has 1 unspecified atom stereocenters. The van der Waals surface area contributed by atoms with Crippen LogP contribution >= 0.6 is 11.6 Å². The number of halogens is 1. The third-order valence-electron chi connectivity index (χ3n) is 3.92. The largest absolute Gasteiger partial charge is 0.355 e. The van der Waals surface area contributed by atoms with Gasteiger partial charge in [0.05, 0.1) is 10.8 Å². The summed E-state index contributed by atoms with van der Waals surface area (Å²) in [5.74, 6) is -0.980.